The summed E-state index contributed by atoms with van der Waals surface area (Å²) in [4.78, 5) is 43.3. The molecule has 3 aromatic rings. The Morgan fingerprint density at radius 2 is 2.00 bits per heavy atom. The number of halogens is 1. The number of ether oxygens (including phenoxy) is 1. The second-order valence-corrected chi connectivity index (χ2v) is 10.2. The lowest BCUT2D eigenvalue weighted by Crippen LogP contribution is -2.28. The number of rotatable bonds is 6. The molecule has 0 bridgehead atoms. The molecule has 180 valence electrons. The summed E-state index contributed by atoms with van der Waals surface area (Å²) in [5.74, 6) is 1.21. The fourth-order valence-corrected chi connectivity index (χ4v) is 5.96. The van der Waals surface area contributed by atoms with Crippen LogP contribution in [0.2, 0.25) is 5.02 Å². The zero-order valence-electron chi connectivity index (χ0n) is 18.6. The summed E-state index contributed by atoms with van der Waals surface area (Å²) >= 11 is 7.92. The number of benzene rings is 1. The summed E-state index contributed by atoms with van der Waals surface area (Å²) in [7, 11) is 0. The average Bonchev–Trinajstić information content (AvgIpc) is 3.42. The molecular weight excluding hydrogens is 490 g/mol. The molecule has 35 heavy (non-hydrogen) atoms. The predicted octanol–water partition coefficient (Wildman–Crippen LogP) is 3.54. The van der Waals surface area contributed by atoms with Crippen molar-refractivity contribution in [1.82, 2.24) is 14.9 Å². The smallest absolute Gasteiger partial charge is 0.415 e. The molecule has 1 unspecified atom stereocenters. The number of thioether (sulfide) groups is 1. The Kier molecular flexibility index (Phi) is 5.66. The maximum atomic E-state index is 12.5. The van der Waals surface area contributed by atoms with E-state index in [-0.39, 0.29) is 23.6 Å². The van der Waals surface area contributed by atoms with Gasteiger partial charge in [-0.15, -0.1) is 11.8 Å². The third-order valence-electron chi connectivity index (χ3n) is 6.55. The van der Waals surface area contributed by atoms with Gasteiger partial charge in [-0.05, 0) is 49.0 Å². The van der Waals surface area contributed by atoms with Crippen molar-refractivity contribution in [2.24, 2.45) is 0 Å². The number of carbonyl (C=O) groups excluding carboxylic acids is 2. The van der Waals surface area contributed by atoms with Crippen LogP contribution in [0.25, 0.3) is 10.9 Å². The number of pyridine rings is 2. The molecule has 1 aromatic carbocycles. The zero-order valence-corrected chi connectivity index (χ0v) is 20.2. The number of amides is 2. The Morgan fingerprint density at radius 3 is 2.89 bits per heavy atom. The molecule has 2 amide bonds. The van der Waals surface area contributed by atoms with E-state index in [1.54, 1.807) is 16.7 Å². The van der Waals surface area contributed by atoms with E-state index in [1.807, 2.05) is 24.3 Å². The Labute approximate surface area is 209 Å². The molecule has 0 spiro atoms. The largest absolute Gasteiger partial charge is 0.444 e. The van der Waals surface area contributed by atoms with E-state index in [9.17, 15) is 14.4 Å². The number of aromatic nitrogens is 2. The third kappa shape index (κ3) is 4.05. The van der Waals surface area contributed by atoms with Crippen molar-refractivity contribution in [2.75, 3.05) is 29.1 Å². The quantitative estimate of drug-likeness (QED) is 0.487. The number of cyclic esters (lactones) is 1. The van der Waals surface area contributed by atoms with Crippen molar-refractivity contribution in [3.8, 4) is 0 Å². The molecule has 0 radical (unpaired) electrons. The van der Waals surface area contributed by atoms with E-state index in [0.29, 0.717) is 48.5 Å². The number of nitrogens with zero attached hydrogens (tertiary/aromatic N) is 3. The Balaban J connectivity index is 1.06. The Bertz CT molecular complexity index is 1430. The first-order valence-electron chi connectivity index (χ1n) is 11.4. The third-order valence-corrected chi connectivity index (χ3v) is 7.93. The van der Waals surface area contributed by atoms with E-state index in [1.165, 1.54) is 16.7 Å². The topological polar surface area (TPSA) is 106 Å². The highest BCUT2D eigenvalue weighted by Gasteiger charge is 2.34. The van der Waals surface area contributed by atoms with Gasteiger partial charge in [0.2, 0.25) is 5.91 Å². The maximum absolute atomic E-state index is 12.5. The van der Waals surface area contributed by atoms with Crippen molar-refractivity contribution in [3.63, 3.8) is 0 Å². The number of nitrogens with one attached hydrogen (secondary N) is 2. The number of hydrogen-bond acceptors (Lipinski definition) is 7. The van der Waals surface area contributed by atoms with Gasteiger partial charge in [-0.1, -0.05) is 17.7 Å². The van der Waals surface area contributed by atoms with E-state index < -0.39 is 6.09 Å². The molecule has 3 aliphatic rings. The number of carbonyl (C=O) groups is 2. The average molecular weight is 512 g/mol. The van der Waals surface area contributed by atoms with Gasteiger partial charge in [-0.3, -0.25) is 14.5 Å². The molecule has 6 rings (SSSR count). The fraction of sp³-hybridized carbons (Fsp3) is 0.333. The molecule has 0 saturated carbocycles. The molecule has 0 aliphatic carbocycles. The summed E-state index contributed by atoms with van der Waals surface area (Å²) in [6.07, 6.45) is 0.784. The number of hydrogen-bond donors (Lipinski definition) is 2. The predicted molar refractivity (Wildman–Crippen MR) is 134 cm³/mol. The number of anilines is 2. The van der Waals surface area contributed by atoms with Gasteiger partial charge < -0.3 is 19.9 Å². The minimum absolute atomic E-state index is 0.0303. The van der Waals surface area contributed by atoms with Gasteiger partial charge in [-0.25, -0.2) is 9.78 Å². The lowest BCUT2D eigenvalue weighted by molar-refractivity contribution is -0.113. The molecule has 2 aromatic heterocycles. The lowest BCUT2D eigenvalue weighted by Gasteiger charge is -2.18. The van der Waals surface area contributed by atoms with Crippen molar-refractivity contribution in [1.29, 1.82) is 0 Å². The van der Waals surface area contributed by atoms with Crippen LogP contribution in [0.1, 0.15) is 24.4 Å². The van der Waals surface area contributed by atoms with E-state index in [2.05, 4.69) is 15.6 Å². The van der Waals surface area contributed by atoms with Crippen LogP contribution >= 0.6 is 23.4 Å². The molecule has 11 heteroatoms. The maximum Gasteiger partial charge on any atom is 0.415 e. The summed E-state index contributed by atoms with van der Waals surface area (Å²) in [5, 5.41) is 7.92. The molecule has 9 nitrogen and oxygen atoms in total. The zero-order chi connectivity index (χ0) is 24.1. The molecule has 2 N–H and O–H groups in total. The normalized spacial score (nSPS) is 20.8. The molecule has 3 aliphatic heterocycles. The van der Waals surface area contributed by atoms with Crippen LogP contribution in [0.15, 0.2) is 46.1 Å². The van der Waals surface area contributed by atoms with Gasteiger partial charge >= 0.3 is 6.09 Å². The van der Waals surface area contributed by atoms with Crippen molar-refractivity contribution < 1.29 is 14.3 Å². The fourth-order valence-electron chi connectivity index (χ4n) is 4.92. The van der Waals surface area contributed by atoms with Crippen LogP contribution < -0.4 is 21.1 Å². The highest BCUT2D eigenvalue weighted by Crippen LogP contribution is 2.36. The molecular formula is C24H22ClN5O4S. The van der Waals surface area contributed by atoms with Gasteiger partial charge in [0.15, 0.2) is 0 Å². The minimum Gasteiger partial charge on any atom is -0.444 e. The first-order chi connectivity index (χ1) is 17.0. The van der Waals surface area contributed by atoms with Crippen LogP contribution in [-0.4, -0.2) is 46.5 Å². The highest BCUT2D eigenvalue weighted by molar-refractivity contribution is 8.00. The summed E-state index contributed by atoms with van der Waals surface area (Å²) in [6.45, 7) is 1.63. The lowest BCUT2D eigenvalue weighted by atomic mass is 10.1. The van der Waals surface area contributed by atoms with E-state index in [4.69, 9.17) is 16.3 Å². The van der Waals surface area contributed by atoms with E-state index in [0.717, 1.165) is 27.8 Å². The van der Waals surface area contributed by atoms with Gasteiger partial charge in [0.1, 0.15) is 17.7 Å². The molecule has 1 saturated heterocycles. The summed E-state index contributed by atoms with van der Waals surface area (Å²) in [5.41, 5.74) is 1.83. The molecule has 5 heterocycles. The van der Waals surface area contributed by atoms with Gasteiger partial charge in [0.05, 0.1) is 28.8 Å². The van der Waals surface area contributed by atoms with Crippen LogP contribution in [0.4, 0.5) is 16.4 Å². The minimum atomic E-state index is -0.436. The Hall–Kier alpha value is -3.08. The van der Waals surface area contributed by atoms with Crippen molar-refractivity contribution >= 4 is 57.9 Å². The first kappa shape index (κ1) is 22.4. The molecule has 2 atom stereocenters. The summed E-state index contributed by atoms with van der Waals surface area (Å²) < 4.78 is 7.33. The standard InChI is InChI=1S/C24H22ClN5O4S/c25-15-5-3-13-4-8-20(32)30-11-16(21(15)22(13)30)26-9-1-2-14-10-29(24(33)34-14)18-7-6-17-23(27-18)28-19(31)12-35-17/h3-8,14,16,26H,1-2,9-12H2,(H,27,28,31)/t14-,16?/m1/s1. The van der Waals surface area contributed by atoms with Crippen molar-refractivity contribution in [3.05, 3.63) is 57.3 Å². The molecule has 1 fully saturated rings. The van der Waals surface area contributed by atoms with Crippen LogP contribution in [-0.2, 0) is 16.1 Å². The second kappa shape index (κ2) is 8.85. The Morgan fingerprint density at radius 1 is 1.14 bits per heavy atom. The summed E-state index contributed by atoms with van der Waals surface area (Å²) in [6, 6.07) is 10.8. The van der Waals surface area contributed by atoms with Gasteiger partial charge in [0.25, 0.3) is 5.56 Å². The van der Waals surface area contributed by atoms with E-state index >= 15 is 0 Å². The number of fused-ring (bicyclic) bond motifs is 1. The SMILES string of the molecule is O=C1CSc2ccc(N3C[C@@H](CCCNC4Cn5c(=O)ccc6ccc(Cl)c4c65)OC3=O)nc2N1. The van der Waals surface area contributed by atoms with Crippen LogP contribution in [0, 0.1) is 0 Å². The van der Waals surface area contributed by atoms with Gasteiger partial charge in [-0.2, -0.15) is 0 Å². The van der Waals surface area contributed by atoms with Crippen LogP contribution in [0.5, 0.6) is 0 Å². The second-order valence-electron chi connectivity index (χ2n) is 8.80. The van der Waals surface area contributed by atoms with Crippen LogP contribution in [0.3, 0.4) is 0 Å². The first-order valence-corrected chi connectivity index (χ1v) is 12.8. The van der Waals surface area contributed by atoms with Gasteiger partial charge in [0, 0.05) is 23.2 Å². The van der Waals surface area contributed by atoms with Crippen molar-refractivity contribution in [2.45, 2.75) is 36.4 Å². The monoisotopic (exact) mass is 511 g/mol. The highest BCUT2D eigenvalue weighted by atomic mass is 35.5.